The van der Waals surface area contributed by atoms with Crippen LogP contribution in [0.2, 0.25) is 0 Å². The van der Waals surface area contributed by atoms with Gasteiger partial charge < -0.3 is 14.8 Å². The Kier molecular flexibility index (Phi) is 4.50. The van der Waals surface area contributed by atoms with Gasteiger partial charge in [-0.3, -0.25) is 4.79 Å². The summed E-state index contributed by atoms with van der Waals surface area (Å²) < 4.78 is 5.53. The highest BCUT2D eigenvalue weighted by atomic mass is 16.4. The third-order valence-electron chi connectivity index (χ3n) is 4.73. The van der Waals surface area contributed by atoms with E-state index in [1.54, 1.807) is 6.07 Å². The average molecular weight is 305 g/mol. The minimum atomic E-state index is -0.965. The number of carboxylic acids is 1. The molecular formula is C17H23NO4. The second kappa shape index (κ2) is 6.55. The lowest BCUT2D eigenvalue weighted by Gasteiger charge is -2.24. The van der Waals surface area contributed by atoms with Gasteiger partial charge in [-0.2, -0.15) is 0 Å². The number of carbonyl (C=O) groups excluding carboxylic acids is 1. The molecule has 2 aliphatic carbocycles. The Balaban J connectivity index is 1.59. The Morgan fingerprint density at radius 1 is 1.18 bits per heavy atom. The highest BCUT2D eigenvalue weighted by molar-refractivity contribution is 5.94. The lowest BCUT2D eigenvalue weighted by atomic mass is 9.85. The standard InChI is InChI=1S/C17H23NO4/c19-16(15-9-8-14(22-15)12-6-7-12)18-13(17(20)21)10-11-4-2-1-3-5-11/h8-9,11-13H,1-7,10H2,(H,18,19)(H,20,21)/t13-/m1/s1. The van der Waals surface area contributed by atoms with Gasteiger partial charge in [0.15, 0.2) is 5.76 Å². The molecule has 1 amide bonds. The molecule has 0 unspecified atom stereocenters. The van der Waals surface area contributed by atoms with E-state index in [0.717, 1.165) is 44.3 Å². The van der Waals surface area contributed by atoms with Crippen LogP contribution in [0, 0.1) is 5.92 Å². The van der Waals surface area contributed by atoms with E-state index in [0.29, 0.717) is 18.3 Å². The summed E-state index contributed by atoms with van der Waals surface area (Å²) in [7, 11) is 0. The number of hydrogen-bond donors (Lipinski definition) is 2. The summed E-state index contributed by atoms with van der Waals surface area (Å²) >= 11 is 0. The van der Waals surface area contributed by atoms with E-state index in [1.165, 1.54) is 6.42 Å². The number of rotatable bonds is 6. The summed E-state index contributed by atoms with van der Waals surface area (Å²) in [6, 6.07) is 2.64. The van der Waals surface area contributed by atoms with Gasteiger partial charge in [-0.15, -0.1) is 0 Å². The van der Waals surface area contributed by atoms with Crippen LogP contribution in [0.25, 0.3) is 0 Å². The molecule has 1 aromatic heterocycles. The van der Waals surface area contributed by atoms with E-state index in [4.69, 9.17) is 4.42 Å². The summed E-state index contributed by atoms with van der Waals surface area (Å²) in [5.41, 5.74) is 0. The summed E-state index contributed by atoms with van der Waals surface area (Å²) in [4.78, 5) is 23.6. The number of nitrogens with one attached hydrogen (secondary N) is 1. The van der Waals surface area contributed by atoms with Crippen molar-refractivity contribution in [3.05, 3.63) is 23.7 Å². The van der Waals surface area contributed by atoms with Gasteiger partial charge >= 0.3 is 5.97 Å². The molecule has 2 saturated carbocycles. The van der Waals surface area contributed by atoms with Crippen LogP contribution in [0.1, 0.15) is 73.6 Å². The van der Waals surface area contributed by atoms with E-state index >= 15 is 0 Å². The maximum Gasteiger partial charge on any atom is 0.326 e. The fourth-order valence-electron chi connectivity index (χ4n) is 3.27. The molecule has 120 valence electrons. The van der Waals surface area contributed by atoms with Gasteiger partial charge in [0.1, 0.15) is 11.8 Å². The molecule has 1 heterocycles. The second-order valence-corrected chi connectivity index (χ2v) is 6.58. The van der Waals surface area contributed by atoms with Crippen molar-refractivity contribution >= 4 is 11.9 Å². The Morgan fingerprint density at radius 3 is 2.55 bits per heavy atom. The summed E-state index contributed by atoms with van der Waals surface area (Å²) in [5.74, 6) is 0.511. The molecule has 3 rings (SSSR count). The van der Waals surface area contributed by atoms with E-state index in [-0.39, 0.29) is 5.76 Å². The zero-order valence-corrected chi connectivity index (χ0v) is 12.7. The van der Waals surface area contributed by atoms with Gasteiger partial charge in [0.2, 0.25) is 0 Å². The second-order valence-electron chi connectivity index (χ2n) is 6.58. The molecule has 0 saturated heterocycles. The van der Waals surface area contributed by atoms with Crippen molar-refractivity contribution in [2.75, 3.05) is 0 Å². The first-order valence-corrected chi connectivity index (χ1v) is 8.27. The molecule has 2 fully saturated rings. The first-order valence-electron chi connectivity index (χ1n) is 8.27. The fraction of sp³-hybridized carbons (Fsp3) is 0.647. The zero-order chi connectivity index (χ0) is 15.5. The number of carbonyl (C=O) groups is 2. The van der Waals surface area contributed by atoms with Crippen molar-refractivity contribution in [2.24, 2.45) is 5.92 Å². The fourth-order valence-corrected chi connectivity index (χ4v) is 3.27. The zero-order valence-electron chi connectivity index (χ0n) is 12.7. The monoisotopic (exact) mass is 305 g/mol. The predicted octanol–water partition coefficient (Wildman–Crippen LogP) is 3.31. The lowest BCUT2D eigenvalue weighted by molar-refractivity contribution is -0.139. The average Bonchev–Trinajstić information content (AvgIpc) is 3.24. The third-order valence-corrected chi connectivity index (χ3v) is 4.73. The molecule has 2 aliphatic rings. The van der Waals surface area contributed by atoms with Crippen molar-refractivity contribution < 1.29 is 19.1 Å². The van der Waals surface area contributed by atoms with Crippen molar-refractivity contribution in [2.45, 2.75) is 63.3 Å². The molecule has 1 atom stereocenters. The normalized spacial score (nSPS) is 20.5. The molecular weight excluding hydrogens is 282 g/mol. The van der Waals surface area contributed by atoms with Gasteiger partial charge in [0.25, 0.3) is 5.91 Å². The van der Waals surface area contributed by atoms with Crippen molar-refractivity contribution in [1.29, 1.82) is 0 Å². The third kappa shape index (κ3) is 3.70. The van der Waals surface area contributed by atoms with Gasteiger partial charge in [0.05, 0.1) is 0 Å². The molecule has 1 aromatic rings. The van der Waals surface area contributed by atoms with Crippen LogP contribution in [0.4, 0.5) is 0 Å². The van der Waals surface area contributed by atoms with Crippen LogP contribution in [-0.2, 0) is 4.79 Å². The predicted molar refractivity (Wildman–Crippen MR) is 80.8 cm³/mol. The van der Waals surface area contributed by atoms with E-state index < -0.39 is 17.9 Å². The topological polar surface area (TPSA) is 79.5 Å². The van der Waals surface area contributed by atoms with Crippen molar-refractivity contribution in [3.8, 4) is 0 Å². The van der Waals surface area contributed by atoms with E-state index in [2.05, 4.69) is 5.32 Å². The molecule has 0 spiro atoms. The smallest absolute Gasteiger partial charge is 0.326 e. The van der Waals surface area contributed by atoms with Gasteiger partial charge in [-0.1, -0.05) is 32.1 Å². The Morgan fingerprint density at radius 2 is 1.91 bits per heavy atom. The van der Waals surface area contributed by atoms with Crippen molar-refractivity contribution in [1.82, 2.24) is 5.32 Å². The quantitative estimate of drug-likeness (QED) is 0.845. The number of aliphatic carboxylic acids is 1. The number of furan rings is 1. The summed E-state index contributed by atoms with van der Waals surface area (Å²) in [6.07, 6.45) is 8.40. The van der Waals surface area contributed by atoms with Crippen molar-refractivity contribution in [3.63, 3.8) is 0 Å². The molecule has 2 N–H and O–H groups in total. The first-order chi connectivity index (χ1) is 10.6. The molecule has 0 radical (unpaired) electrons. The first kappa shape index (κ1) is 15.1. The summed E-state index contributed by atoms with van der Waals surface area (Å²) in [5, 5.41) is 12.0. The number of amides is 1. The maximum atomic E-state index is 12.2. The molecule has 0 aliphatic heterocycles. The largest absolute Gasteiger partial charge is 0.480 e. The highest BCUT2D eigenvalue weighted by Crippen LogP contribution is 2.40. The van der Waals surface area contributed by atoms with Gasteiger partial charge in [0, 0.05) is 5.92 Å². The van der Waals surface area contributed by atoms with E-state index in [1.807, 2.05) is 6.07 Å². The minimum absolute atomic E-state index is 0.219. The van der Waals surface area contributed by atoms with Crippen LogP contribution >= 0.6 is 0 Å². The van der Waals surface area contributed by atoms with Crippen LogP contribution in [0.15, 0.2) is 16.5 Å². The van der Waals surface area contributed by atoms with Gasteiger partial charge in [-0.25, -0.2) is 4.79 Å². The maximum absolute atomic E-state index is 12.2. The molecule has 5 heteroatoms. The molecule has 0 aromatic carbocycles. The SMILES string of the molecule is O=C(N[C@H](CC1CCCCC1)C(=O)O)c1ccc(C2CC2)o1. The van der Waals surface area contributed by atoms with Crippen LogP contribution in [0.3, 0.4) is 0 Å². The number of hydrogen-bond acceptors (Lipinski definition) is 3. The Bertz CT molecular complexity index is 541. The Hall–Kier alpha value is -1.78. The lowest BCUT2D eigenvalue weighted by Crippen LogP contribution is -2.42. The van der Waals surface area contributed by atoms with Crippen LogP contribution in [-0.4, -0.2) is 23.0 Å². The molecule has 22 heavy (non-hydrogen) atoms. The highest BCUT2D eigenvalue weighted by Gasteiger charge is 2.29. The van der Waals surface area contributed by atoms with E-state index in [9.17, 15) is 14.7 Å². The summed E-state index contributed by atoms with van der Waals surface area (Å²) in [6.45, 7) is 0. The Labute approximate surface area is 130 Å². The minimum Gasteiger partial charge on any atom is -0.480 e. The number of carboxylic acid groups (broad SMARTS) is 1. The van der Waals surface area contributed by atoms with Crippen LogP contribution < -0.4 is 5.32 Å². The van der Waals surface area contributed by atoms with Crippen LogP contribution in [0.5, 0.6) is 0 Å². The van der Waals surface area contributed by atoms with Gasteiger partial charge in [-0.05, 0) is 37.3 Å². The molecule has 0 bridgehead atoms. The molecule has 5 nitrogen and oxygen atoms in total.